The van der Waals surface area contributed by atoms with Crippen LogP contribution in [0.1, 0.15) is 9.67 Å². The van der Waals surface area contributed by atoms with Crippen LogP contribution in [-0.2, 0) is 4.79 Å². The maximum Gasteiger partial charge on any atom is 0.260 e. The normalized spacial score (nSPS) is 15.2. The summed E-state index contributed by atoms with van der Waals surface area (Å²) in [5.74, 6) is -0.464. The maximum atomic E-state index is 13.5. The summed E-state index contributed by atoms with van der Waals surface area (Å²) in [5, 5.41) is 1.89. The summed E-state index contributed by atoms with van der Waals surface area (Å²) in [6, 6.07) is 9.71. The van der Waals surface area contributed by atoms with Crippen molar-refractivity contribution in [3.8, 4) is 5.75 Å². The van der Waals surface area contributed by atoms with Crippen LogP contribution in [0, 0.1) is 5.82 Å². The number of ether oxygens (including phenoxy) is 1. The van der Waals surface area contributed by atoms with E-state index < -0.39 is 5.82 Å². The fourth-order valence-electron chi connectivity index (χ4n) is 2.67. The molecule has 1 amide bonds. The summed E-state index contributed by atoms with van der Waals surface area (Å²) < 4.78 is 18.7. The third-order valence-corrected chi connectivity index (χ3v) is 4.99. The number of hydrogen-bond donors (Lipinski definition) is 0. The third kappa shape index (κ3) is 4.64. The zero-order valence-corrected chi connectivity index (χ0v) is 14.5. The molecule has 0 atom stereocenters. The zero-order chi connectivity index (χ0) is 17.6. The fraction of sp³-hybridized carbons (Fsp3) is 0.333. The lowest BCUT2D eigenvalue weighted by Gasteiger charge is -2.34. The summed E-state index contributed by atoms with van der Waals surface area (Å²) in [6.07, 6.45) is 0. The topological polar surface area (TPSA) is 49.9 Å². The van der Waals surface area contributed by atoms with Gasteiger partial charge in [0.15, 0.2) is 24.0 Å². The van der Waals surface area contributed by atoms with Crippen LogP contribution in [0.25, 0.3) is 0 Å². The Morgan fingerprint density at radius 3 is 2.52 bits per heavy atom. The molecule has 2 heterocycles. The second-order valence-electron chi connectivity index (χ2n) is 5.78. The zero-order valence-electron chi connectivity index (χ0n) is 13.7. The Kier molecular flexibility index (Phi) is 5.78. The van der Waals surface area contributed by atoms with Gasteiger partial charge in [-0.1, -0.05) is 18.2 Å². The fourth-order valence-corrected chi connectivity index (χ4v) is 3.32. The van der Waals surface area contributed by atoms with E-state index >= 15 is 0 Å². The highest BCUT2D eigenvalue weighted by atomic mass is 32.1. The van der Waals surface area contributed by atoms with Crippen LogP contribution in [0.4, 0.5) is 4.39 Å². The van der Waals surface area contributed by atoms with Gasteiger partial charge in [0.05, 0.1) is 11.4 Å². The summed E-state index contributed by atoms with van der Waals surface area (Å²) >= 11 is 1.44. The Hall–Kier alpha value is -2.25. The molecule has 0 aliphatic carbocycles. The van der Waals surface area contributed by atoms with Crippen molar-refractivity contribution >= 4 is 23.0 Å². The second-order valence-corrected chi connectivity index (χ2v) is 6.72. The molecular formula is C18H19FN2O3S. The first-order chi connectivity index (χ1) is 12.1. The summed E-state index contributed by atoms with van der Waals surface area (Å²) in [7, 11) is 0. The largest absolute Gasteiger partial charge is 0.481 e. The quantitative estimate of drug-likeness (QED) is 0.740. The average molecular weight is 362 g/mol. The Labute approximate surface area is 149 Å². The molecule has 0 spiro atoms. The minimum Gasteiger partial charge on any atom is -0.481 e. The standard InChI is InChI=1S/C18H19FN2O3S/c19-14-4-1-2-5-16(14)24-13-18(23)21-9-7-20(8-10-21)12-15(22)17-6-3-11-25-17/h1-6,11H,7-10,12-13H2. The number of nitrogens with zero attached hydrogens (tertiary/aromatic N) is 2. The lowest BCUT2D eigenvalue weighted by Crippen LogP contribution is -2.51. The monoisotopic (exact) mass is 362 g/mol. The molecular weight excluding hydrogens is 343 g/mol. The van der Waals surface area contributed by atoms with Crippen LogP contribution in [0.15, 0.2) is 41.8 Å². The lowest BCUT2D eigenvalue weighted by atomic mass is 10.2. The number of carbonyl (C=O) groups excluding carboxylic acids is 2. The molecule has 0 bridgehead atoms. The van der Waals surface area contributed by atoms with Gasteiger partial charge in [-0.2, -0.15) is 0 Å². The van der Waals surface area contributed by atoms with Crippen molar-refractivity contribution in [3.63, 3.8) is 0 Å². The van der Waals surface area contributed by atoms with E-state index in [4.69, 9.17) is 4.74 Å². The van der Waals surface area contributed by atoms with Gasteiger partial charge in [-0.25, -0.2) is 4.39 Å². The number of carbonyl (C=O) groups is 2. The molecule has 0 N–H and O–H groups in total. The lowest BCUT2D eigenvalue weighted by molar-refractivity contribution is -0.135. The number of hydrogen-bond acceptors (Lipinski definition) is 5. The van der Waals surface area contributed by atoms with E-state index in [1.165, 1.54) is 23.5 Å². The van der Waals surface area contributed by atoms with Crippen molar-refractivity contribution in [2.75, 3.05) is 39.3 Å². The highest BCUT2D eigenvalue weighted by molar-refractivity contribution is 7.12. The van der Waals surface area contributed by atoms with Gasteiger partial charge in [-0.05, 0) is 23.6 Å². The predicted molar refractivity (Wildman–Crippen MR) is 93.6 cm³/mol. The first kappa shape index (κ1) is 17.6. The van der Waals surface area contributed by atoms with Crippen LogP contribution in [-0.4, -0.2) is 60.8 Å². The molecule has 0 saturated carbocycles. The van der Waals surface area contributed by atoms with Crippen molar-refractivity contribution in [1.82, 2.24) is 9.80 Å². The molecule has 1 aliphatic rings. The molecule has 0 unspecified atom stereocenters. The van der Waals surface area contributed by atoms with Crippen LogP contribution < -0.4 is 4.74 Å². The van der Waals surface area contributed by atoms with Crippen molar-refractivity contribution < 1.29 is 18.7 Å². The van der Waals surface area contributed by atoms with E-state index in [1.807, 2.05) is 22.4 Å². The van der Waals surface area contributed by atoms with Crippen LogP contribution in [0.2, 0.25) is 0 Å². The summed E-state index contributed by atoms with van der Waals surface area (Å²) in [5.41, 5.74) is 0. The summed E-state index contributed by atoms with van der Waals surface area (Å²) in [4.78, 5) is 28.8. The molecule has 132 valence electrons. The van der Waals surface area contributed by atoms with Crippen LogP contribution in [0.3, 0.4) is 0 Å². The second kappa shape index (κ2) is 8.22. The van der Waals surface area contributed by atoms with Crippen molar-refractivity contribution in [3.05, 3.63) is 52.5 Å². The number of rotatable bonds is 6. The number of para-hydroxylation sites is 1. The van der Waals surface area contributed by atoms with E-state index in [1.54, 1.807) is 17.0 Å². The van der Waals surface area contributed by atoms with Gasteiger partial charge in [0.25, 0.3) is 5.91 Å². The molecule has 1 fully saturated rings. The van der Waals surface area contributed by atoms with Crippen molar-refractivity contribution in [1.29, 1.82) is 0 Å². The van der Waals surface area contributed by atoms with Gasteiger partial charge in [0, 0.05) is 26.2 Å². The van der Waals surface area contributed by atoms with Crippen molar-refractivity contribution in [2.45, 2.75) is 0 Å². The van der Waals surface area contributed by atoms with Crippen molar-refractivity contribution in [2.24, 2.45) is 0 Å². The van der Waals surface area contributed by atoms with E-state index in [0.717, 1.165) is 4.88 Å². The molecule has 5 nitrogen and oxygen atoms in total. The first-order valence-corrected chi connectivity index (χ1v) is 8.95. The van der Waals surface area contributed by atoms with E-state index in [0.29, 0.717) is 32.7 Å². The Bertz CT molecular complexity index is 728. The van der Waals surface area contributed by atoms with Gasteiger partial charge in [0.2, 0.25) is 0 Å². The molecule has 1 aliphatic heterocycles. The van der Waals surface area contributed by atoms with Gasteiger partial charge in [0.1, 0.15) is 0 Å². The van der Waals surface area contributed by atoms with Gasteiger partial charge in [-0.15, -0.1) is 11.3 Å². The number of halogens is 1. The number of Topliss-reactive ketones (excluding diaryl/α,β-unsaturated/α-hetero) is 1. The Morgan fingerprint density at radius 2 is 1.84 bits per heavy atom. The molecule has 25 heavy (non-hydrogen) atoms. The van der Waals surface area contributed by atoms with Gasteiger partial charge in [-0.3, -0.25) is 14.5 Å². The SMILES string of the molecule is O=C(CN1CCN(C(=O)COc2ccccc2F)CC1)c1cccs1. The predicted octanol–water partition coefficient (Wildman–Crippen LogP) is 2.29. The molecule has 3 rings (SSSR count). The molecule has 0 radical (unpaired) electrons. The first-order valence-electron chi connectivity index (χ1n) is 8.07. The number of piperazine rings is 1. The third-order valence-electron chi connectivity index (χ3n) is 4.08. The van der Waals surface area contributed by atoms with Crippen LogP contribution in [0.5, 0.6) is 5.75 Å². The van der Waals surface area contributed by atoms with Crippen LogP contribution >= 0.6 is 11.3 Å². The smallest absolute Gasteiger partial charge is 0.260 e. The molecule has 1 aromatic carbocycles. The highest BCUT2D eigenvalue weighted by Crippen LogP contribution is 2.16. The molecule has 1 saturated heterocycles. The van der Waals surface area contributed by atoms with E-state index in [-0.39, 0.29) is 24.0 Å². The van der Waals surface area contributed by atoms with E-state index in [9.17, 15) is 14.0 Å². The highest BCUT2D eigenvalue weighted by Gasteiger charge is 2.23. The molecule has 2 aromatic rings. The average Bonchev–Trinajstić information content (AvgIpc) is 3.16. The molecule has 7 heteroatoms. The maximum absolute atomic E-state index is 13.5. The number of benzene rings is 1. The van der Waals surface area contributed by atoms with E-state index in [2.05, 4.69) is 0 Å². The minimum atomic E-state index is -0.479. The van der Waals surface area contributed by atoms with Gasteiger partial charge < -0.3 is 9.64 Å². The minimum absolute atomic E-state index is 0.0797. The number of amides is 1. The Morgan fingerprint density at radius 1 is 1.08 bits per heavy atom. The summed E-state index contributed by atoms with van der Waals surface area (Å²) in [6.45, 7) is 2.54. The van der Waals surface area contributed by atoms with Gasteiger partial charge >= 0.3 is 0 Å². The molecule has 1 aromatic heterocycles. The number of thiophene rings is 1. The Balaban J connectivity index is 1.43. The number of ketones is 1.